The largest absolute Gasteiger partial charge is 0.610 e. The Hall–Kier alpha value is -0.330. The van der Waals surface area contributed by atoms with Crippen LogP contribution in [0.3, 0.4) is 0 Å². The molecule has 0 aromatic carbocycles. The smallest absolute Gasteiger partial charge is 0.323 e. The van der Waals surface area contributed by atoms with E-state index in [1.54, 1.807) is 0 Å². The van der Waals surface area contributed by atoms with E-state index in [2.05, 4.69) is 10.2 Å². The highest BCUT2D eigenvalue weighted by Crippen LogP contribution is 2.17. The number of hydrogen-bond donors (Lipinski definition) is 1. The lowest BCUT2D eigenvalue weighted by Crippen LogP contribution is -2.02. The molecule has 1 aromatic heterocycles. The number of hydrogen-bond acceptors (Lipinski definition) is 5. The zero-order valence-electron chi connectivity index (χ0n) is 5.40. The Morgan fingerprint density at radius 2 is 2.40 bits per heavy atom. The standard InChI is InChI=1S/C4H7N3OS2/c1-2-10(8)4-7-6-3(5)9-4/h2H2,1H3,(H2,5,6). The second-order valence-corrected chi connectivity index (χ2v) is 4.46. The molecule has 1 heterocycles. The van der Waals surface area contributed by atoms with Crippen molar-refractivity contribution in [3.8, 4) is 0 Å². The number of nitrogens with two attached hydrogens (primary N) is 1. The minimum atomic E-state index is -1.00. The maximum Gasteiger partial charge on any atom is 0.323 e. The number of anilines is 1. The van der Waals surface area contributed by atoms with Gasteiger partial charge in [0.2, 0.25) is 5.13 Å². The highest BCUT2D eigenvalue weighted by molar-refractivity contribution is 7.93. The van der Waals surface area contributed by atoms with Gasteiger partial charge in [0.1, 0.15) is 5.75 Å². The van der Waals surface area contributed by atoms with Crippen molar-refractivity contribution in [2.75, 3.05) is 11.5 Å². The van der Waals surface area contributed by atoms with Crippen LogP contribution in [0.1, 0.15) is 6.92 Å². The molecule has 1 aromatic rings. The third-order valence-corrected chi connectivity index (χ3v) is 3.23. The van der Waals surface area contributed by atoms with Crippen LogP contribution in [0.25, 0.3) is 0 Å². The first-order valence-corrected chi connectivity index (χ1v) is 4.85. The summed E-state index contributed by atoms with van der Waals surface area (Å²) < 4.78 is 11.5. The van der Waals surface area contributed by atoms with Gasteiger partial charge in [-0.25, -0.2) is 0 Å². The molecule has 2 N–H and O–H groups in total. The SMILES string of the molecule is CC[S+]([O-])c1nnc(N)s1. The lowest BCUT2D eigenvalue weighted by Gasteiger charge is -1.99. The number of rotatable bonds is 2. The maximum absolute atomic E-state index is 11.0. The normalized spacial score (nSPS) is 13.4. The molecule has 0 aliphatic carbocycles. The van der Waals surface area contributed by atoms with Gasteiger partial charge in [0.05, 0.1) is 0 Å². The van der Waals surface area contributed by atoms with E-state index in [0.29, 0.717) is 15.2 Å². The van der Waals surface area contributed by atoms with Gasteiger partial charge in [0, 0.05) is 11.2 Å². The fourth-order valence-electron chi connectivity index (χ4n) is 0.436. The van der Waals surface area contributed by atoms with Gasteiger partial charge in [-0.3, -0.25) is 0 Å². The van der Waals surface area contributed by atoms with Gasteiger partial charge >= 0.3 is 4.34 Å². The average Bonchev–Trinajstić information content (AvgIpc) is 2.34. The molecule has 1 unspecified atom stereocenters. The van der Waals surface area contributed by atoms with Crippen LogP contribution in [0.4, 0.5) is 5.13 Å². The first-order valence-electron chi connectivity index (χ1n) is 2.71. The van der Waals surface area contributed by atoms with Gasteiger partial charge in [-0.2, -0.15) is 0 Å². The molecule has 0 aliphatic heterocycles. The Labute approximate surface area is 65.6 Å². The molecule has 0 bridgehead atoms. The topological polar surface area (TPSA) is 74.9 Å². The second kappa shape index (κ2) is 3.18. The molecule has 0 saturated carbocycles. The Bertz CT molecular complexity index is 214. The average molecular weight is 177 g/mol. The van der Waals surface area contributed by atoms with E-state index in [1.807, 2.05) is 6.92 Å². The van der Waals surface area contributed by atoms with E-state index >= 15 is 0 Å². The minimum absolute atomic E-state index is 0.372. The number of nitrogen functional groups attached to an aromatic ring is 1. The summed E-state index contributed by atoms with van der Waals surface area (Å²) in [6.07, 6.45) is 0. The zero-order chi connectivity index (χ0) is 7.56. The Kier molecular flexibility index (Phi) is 2.47. The van der Waals surface area contributed by atoms with Crippen LogP contribution in [0.5, 0.6) is 0 Å². The molecule has 56 valence electrons. The number of nitrogens with zero attached hydrogens (tertiary/aromatic N) is 2. The molecular formula is C4H7N3OS2. The molecule has 0 aliphatic rings. The summed E-state index contributed by atoms with van der Waals surface area (Å²) in [6, 6.07) is 0. The summed E-state index contributed by atoms with van der Waals surface area (Å²) in [6.45, 7) is 1.83. The molecule has 6 heteroatoms. The summed E-state index contributed by atoms with van der Waals surface area (Å²) in [5, 5.41) is 7.54. The van der Waals surface area contributed by atoms with Crippen molar-refractivity contribution in [3.05, 3.63) is 0 Å². The molecule has 0 amide bonds. The summed E-state index contributed by atoms with van der Waals surface area (Å²) >= 11 is 0.171. The summed E-state index contributed by atoms with van der Waals surface area (Å²) in [4.78, 5) is 0. The zero-order valence-corrected chi connectivity index (χ0v) is 7.04. The Morgan fingerprint density at radius 1 is 1.70 bits per heavy atom. The third kappa shape index (κ3) is 1.59. The van der Waals surface area contributed by atoms with Crippen LogP contribution in [0.15, 0.2) is 4.34 Å². The monoisotopic (exact) mass is 177 g/mol. The second-order valence-electron chi connectivity index (χ2n) is 1.54. The van der Waals surface area contributed by atoms with Crippen molar-refractivity contribution in [2.24, 2.45) is 0 Å². The van der Waals surface area contributed by atoms with Gasteiger partial charge in [-0.05, 0) is 18.3 Å². The number of aromatic nitrogens is 2. The van der Waals surface area contributed by atoms with Crippen LogP contribution in [0.2, 0.25) is 0 Å². The van der Waals surface area contributed by atoms with Gasteiger partial charge in [0.25, 0.3) is 0 Å². The fraction of sp³-hybridized carbons (Fsp3) is 0.500. The Balaban J connectivity index is 2.74. The molecular weight excluding hydrogens is 170 g/mol. The molecule has 0 saturated heterocycles. The molecule has 0 fully saturated rings. The molecule has 1 rings (SSSR count). The van der Waals surface area contributed by atoms with E-state index in [-0.39, 0.29) is 0 Å². The van der Waals surface area contributed by atoms with Crippen LogP contribution >= 0.6 is 11.3 Å². The van der Waals surface area contributed by atoms with Crippen molar-refractivity contribution >= 4 is 27.6 Å². The van der Waals surface area contributed by atoms with E-state index in [9.17, 15) is 4.55 Å². The molecule has 10 heavy (non-hydrogen) atoms. The predicted molar refractivity (Wildman–Crippen MR) is 41.3 cm³/mol. The first-order chi connectivity index (χ1) is 4.74. The molecule has 0 radical (unpaired) electrons. The molecule has 1 atom stereocenters. The predicted octanol–water partition coefficient (Wildman–Crippen LogP) is 0.248. The first kappa shape index (κ1) is 7.77. The van der Waals surface area contributed by atoms with Gasteiger partial charge in [0.15, 0.2) is 0 Å². The Morgan fingerprint density at radius 3 is 2.80 bits per heavy atom. The lowest BCUT2D eigenvalue weighted by molar-refractivity contribution is 0.594. The van der Waals surface area contributed by atoms with E-state index in [0.717, 1.165) is 0 Å². The van der Waals surface area contributed by atoms with Gasteiger partial charge < -0.3 is 10.3 Å². The van der Waals surface area contributed by atoms with E-state index in [4.69, 9.17) is 5.73 Å². The quantitative estimate of drug-likeness (QED) is 0.657. The van der Waals surface area contributed by atoms with Crippen LogP contribution in [-0.4, -0.2) is 20.5 Å². The maximum atomic E-state index is 11.0. The lowest BCUT2D eigenvalue weighted by atomic mass is 11.0. The highest BCUT2D eigenvalue weighted by Gasteiger charge is 2.13. The summed E-state index contributed by atoms with van der Waals surface area (Å²) in [5.41, 5.74) is 5.28. The van der Waals surface area contributed by atoms with Crippen molar-refractivity contribution in [2.45, 2.75) is 11.3 Å². The fourth-order valence-corrected chi connectivity index (χ4v) is 2.14. The van der Waals surface area contributed by atoms with Crippen molar-refractivity contribution in [1.82, 2.24) is 10.2 Å². The summed E-state index contributed by atoms with van der Waals surface area (Å²) in [7, 11) is 0. The molecule has 0 spiro atoms. The van der Waals surface area contributed by atoms with Crippen molar-refractivity contribution in [1.29, 1.82) is 0 Å². The highest BCUT2D eigenvalue weighted by atomic mass is 32.2. The van der Waals surface area contributed by atoms with E-state index in [1.165, 1.54) is 11.3 Å². The van der Waals surface area contributed by atoms with Gasteiger partial charge in [-0.15, -0.1) is 5.10 Å². The third-order valence-electron chi connectivity index (χ3n) is 0.879. The summed E-state index contributed by atoms with van der Waals surface area (Å²) in [5.74, 6) is 0.564. The van der Waals surface area contributed by atoms with E-state index < -0.39 is 11.2 Å². The van der Waals surface area contributed by atoms with Crippen molar-refractivity contribution < 1.29 is 4.55 Å². The molecule has 4 nitrogen and oxygen atoms in total. The van der Waals surface area contributed by atoms with Crippen LogP contribution in [-0.2, 0) is 11.2 Å². The van der Waals surface area contributed by atoms with Crippen molar-refractivity contribution in [3.63, 3.8) is 0 Å². The minimum Gasteiger partial charge on any atom is -0.610 e. The van der Waals surface area contributed by atoms with Crippen LogP contribution < -0.4 is 5.73 Å². The van der Waals surface area contributed by atoms with Crippen LogP contribution in [0, 0.1) is 0 Å². The van der Waals surface area contributed by atoms with Gasteiger partial charge in [-0.1, -0.05) is 5.10 Å².